The van der Waals surface area contributed by atoms with Gasteiger partial charge in [0, 0.05) is 10.6 Å². The van der Waals surface area contributed by atoms with E-state index in [-0.39, 0.29) is 0 Å². The van der Waals surface area contributed by atoms with Crippen LogP contribution in [0.4, 0.5) is 0 Å². The van der Waals surface area contributed by atoms with E-state index < -0.39 is 0 Å². The molecule has 2 aromatic carbocycles. The first-order chi connectivity index (χ1) is 8.46. The number of halogens is 1. The Balaban J connectivity index is 2.36. The highest BCUT2D eigenvalue weighted by molar-refractivity contribution is 6.33. The van der Waals surface area contributed by atoms with Crippen molar-refractivity contribution in [1.29, 1.82) is 0 Å². The lowest BCUT2D eigenvalue weighted by atomic mass is 9.87. The van der Waals surface area contributed by atoms with Gasteiger partial charge in [0.1, 0.15) is 0 Å². The topological polar surface area (TPSA) is 0 Å². The van der Waals surface area contributed by atoms with Crippen molar-refractivity contribution in [2.75, 3.05) is 0 Å². The molecule has 0 amide bonds. The van der Waals surface area contributed by atoms with E-state index in [9.17, 15) is 0 Å². The molecule has 0 aliphatic heterocycles. The zero-order chi connectivity index (χ0) is 13.2. The highest BCUT2D eigenvalue weighted by atomic mass is 35.5. The Labute approximate surface area is 115 Å². The number of hydrogen-bond acceptors (Lipinski definition) is 0. The monoisotopic (exact) mass is 258 g/mol. The normalized spacial score (nSPS) is 11.6. The maximum absolute atomic E-state index is 6.24. The van der Waals surface area contributed by atoms with Crippen LogP contribution >= 0.6 is 11.6 Å². The first kappa shape index (κ1) is 13.2. The molecule has 2 aromatic rings. The Kier molecular flexibility index (Phi) is 3.77. The average Bonchev–Trinajstić information content (AvgIpc) is 2.27. The molecule has 0 N–H and O–H groups in total. The van der Waals surface area contributed by atoms with Crippen LogP contribution < -0.4 is 0 Å². The van der Waals surface area contributed by atoms with Gasteiger partial charge >= 0.3 is 0 Å². The highest BCUT2D eigenvalue weighted by Gasteiger charge is 2.12. The summed E-state index contributed by atoms with van der Waals surface area (Å²) in [7, 11) is 0. The third kappa shape index (κ3) is 3.36. The summed E-state index contributed by atoms with van der Waals surface area (Å²) in [5.74, 6) is 0. The van der Waals surface area contributed by atoms with Crippen molar-refractivity contribution in [3.63, 3.8) is 0 Å². The van der Waals surface area contributed by atoms with Crippen molar-refractivity contribution in [3.05, 3.63) is 59.1 Å². The van der Waals surface area contributed by atoms with Crippen LogP contribution in [-0.4, -0.2) is 0 Å². The lowest BCUT2D eigenvalue weighted by molar-refractivity contribution is 0.411. The van der Waals surface area contributed by atoms with Crippen LogP contribution in [-0.2, 0) is 6.42 Å². The molecule has 0 saturated heterocycles. The quantitative estimate of drug-likeness (QED) is 0.658. The summed E-state index contributed by atoms with van der Waals surface area (Å²) in [6, 6.07) is 16.7. The van der Waals surface area contributed by atoms with Crippen LogP contribution in [0.5, 0.6) is 0 Å². The predicted molar refractivity (Wildman–Crippen MR) is 80.0 cm³/mol. The molecule has 0 nitrogen and oxygen atoms in total. The van der Waals surface area contributed by atoms with E-state index in [1.807, 2.05) is 18.2 Å². The van der Waals surface area contributed by atoms with Gasteiger partial charge in [-0.1, -0.05) is 74.8 Å². The number of benzene rings is 2. The van der Waals surface area contributed by atoms with Crippen LogP contribution in [0.25, 0.3) is 11.1 Å². The summed E-state index contributed by atoms with van der Waals surface area (Å²) in [6.07, 6.45) is 1.07. The van der Waals surface area contributed by atoms with Gasteiger partial charge in [-0.3, -0.25) is 0 Å². The molecule has 0 unspecified atom stereocenters. The fourth-order valence-corrected chi connectivity index (χ4v) is 2.40. The van der Waals surface area contributed by atoms with Gasteiger partial charge in [0.2, 0.25) is 0 Å². The minimum absolute atomic E-state index is 0.305. The lowest BCUT2D eigenvalue weighted by Gasteiger charge is -2.18. The largest absolute Gasteiger partial charge is 0.0837 e. The maximum atomic E-state index is 6.24. The van der Waals surface area contributed by atoms with Crippen molar-refractivity contribution in [3.8, 4) is 11.1 Å². The van der Waals surface area contributed by atoms with Gasteiger partial charge in [-0.15, -0.1) is 0 Å². The van der Waals surface area contributed by atoms with E-state index in [1.165, 1.54) is 11.1 Å². The van der Waals surface area contributed by atoms with Crippen molar-refractivity contribution in [1.82, 2.24) is 0 Å². The van der Waals surface area contributed by atoms with E-state index in [0.29, 0.717) is 5.41 Å². The summed E-state index contributed by atoms with van der Waals surface area (Å²) in [5, 5.41) is 0.811. The van der Waals surface area contributed by atoms with Gasteiger partial charge in [-0.05, 0) is 29.0 Å². The average molecular weight is 259 g/mol. The molecule has 0 aromatic heterocycles. The van der Waals surface area contributed by atoms with E-state index in [0.717, 1.165) is 17.0 Å². The van der Waals surface area contributed by atoms with E-state index >= 15 is 0 Å². The molecule has 18 heavy (non-hydrogen) atoms. The third-order valence-corrected chi connectivity index (χ3v) is 3.18. The molecular weight excluding hydrogens is 240 g/mol. The zero-order valence-corrected chi connectivity index (χ0v) is 12.0. The third-order valence-electron chi connectivity index (χ3n) is 2.85. The molecular formula is C17H19Cl. The second kappa shape index (κ2) is 5.16. The standard InChI is InChI=1S/C17H19Cl/c1-17(2,3)12-13-7-6-8-14(11-13)15-9-4-5-10-16(15)18/h4-11H,12H2,1-3H3. The second-order valence-corrected chi connectivity index (χ2v) is 6.32. The van der Waals surface area contributed by atoms with Gasteiger partial charge in [-0.2, -0.15) is 0 Å². The molecule has 0 heterocycles. The Bertz CT molecular complexity index is 535. The number of rotatable bonds is 2. The van der Waals surface area contributed by atoms with Gasteiger partial charge < -0.3 is 0 Å². The Morgan fingerprint density at radius 1 is 0.944 bits per heavy atom. The lowest BCUT2D eigenvalue weighted by Crippen LogP contribution is -2.08. The molecule has 0 fully saturated rings. The highest BCUT2D eigenvalue weighted by Crippen LogP contribution is 2.29. The summed E-state index contributed by atoms with van der Waals surface area (Å²) in [4.78, 5) is 0. The fraction of sp³-hybridized carbons (Fsp3) is 0.294. The van der Waals surface area contributed by atoms with Gasteiger partial charge in [-0.25, -0.2) is 0 Å². The van der Waals surface area contributed by atoms with Gasteiger partial charge in [0.05, 0.1) is 0 Å². The maximum Gasteiger partial charge on any atom is 0.0484 e. The smallest absolute Gasteiger partial charge is 0.0484 e. The minimum Gasteiger partial charge on any atom is -0.0837 e. The van der Waals surface area contributed by atoms with Crippen molar-refractivity contribution >= 4 is 11.6 Å². The molecule has 94 valence electrons. The first-order valence-corrected chi connectivity index (χ1v) is 6.67. The van der Waals surface area contributed by atoms with Crippen LogP contribution in [0, 0.1) is 5.41 Å². The van der Waals surface area contributed by atoms with Crippen LogP contribution in [0.2, 0.25) is 5.02 Å². The Hall–Kier alpha value is -1.27. The SMILES string of the molecule is CC(C)(C)Cc1cccc(-c2ccccc2Cl)c1. The summed E-state index contributed by atoms with van der Waals surface area (Å²) < 4.78 is 0. The van der Waals surface area contributed by atoms with Crippen LogP contribution in [0.15, 0.2) is 48.5 Å². The van der Waals surface area contributed by atoms with Crippen molar-refractivity contribution in [2.24, 2.45) is 5.41 Å². The van der Waals surface area contributed by atoms with Gasteiger partial charge in [0.15, 0.2) is 0 Å². The zero-order valence-electron chi connectivity index (χ0n) is 11.2. The molecule has 0 spiro atoms. The molecule has 0 aliphatic rings. The minimum atomic E-state index is 0.305. The molecule has 2 rings (SSSR count). The van der Waals surface area contributed by atoms with Crippen LogP contribution in [0.1, 0.15) is 26.3 Å². The molecule has 0 aliphatic carbocycles. The van der Waals surface area contributed by atoms with Gasteiger partial charge in [0.25, 0.3) is 0 Å². The predicted octanol–water partition coefficient (Wildman–Crippen LogP) is 5.60. The second-order valence-electron chi connectivity index (χ2n) is 5.92. The molecule has 0 radical (unpaired) electrons. The van der Waals surface area contributed by atoms with Crippen molar-refractivity contribution < 1.29 is 0 Å². The first-order valence-electron chi connectivity index (χ1n) is 6.29. The Morgan fingerprint density at radius 3 is 2.33 bits per heavy atom. The summed E-state index contributed by atoms with van der Waals surface area (Å²) in [5.41, 5.74) is 3.97. The van der Waals surface area contributed by atoms with E-state index in [2.05, 4.69) is 51.1 Å². The molecule has 0 atom stereocenters. The summed E-state index contributed by atoms with van der Waals surface area (Å²) in [6.45, 7) is 6.78. The molecule has 1 heteroatoms. The fourth-order valence-electron chi connectivity index (χ4n) is 2.16. The molecule has 0 bridgehead atoms. The van der Waals surface area contributed by atoms with E-state index in [4.69, 9.17) is 11.6 Å². The molecule has 0 saturated carbocycles. The Morgan fingerprint density at radius 2 is 1.67 bits per heavy atom. The van der Waals surface area contributed by atoms with Crippen molar-refractivity contribution in [2.45, 2.75) is 27.2 Å². The van der Waals surface area contributed by atoms with E-state index in [1.54, 1.807) is 0 Å². The van der Waals surface area contributed by atoms with Crippen LogP contribution in [0.3, 0.4) is 0 Å². The number of hydrogen-bond donors (Lipinski definition) is 0. The summed E-state index contributed by atoms with van der Waals surface area (Å²) >= 11 is 6.24.